The van der Waals surface area contributed by atoms with E-state index < -0.39 is 12.0 Å². The number of piperidine rings is 1. The van der Waals surface area contributed by atoms with Crippen molar-refractivity contribution in [1.82, 2.24) is 10.6 Å². The summed E-state index contributed by atoms with van der Waals surface area (Å²) in [7, 11) is 0. The maximum atomic E-state index is 11.3. The molecule has 3 N–H and O–H groups in total. The van der Waals surface area contributed by atoms with E-state index in [0.717, 1.165) is 31.5 Å². The molecule has 1 aliphatic rings. The predicted octanol–water partition coefficient (Wildman–Crippen LogP) is 2.00. The fraction of sp³-hybridized carbons (Fsp3) is 0.462. The Bertz CT molecular complexity index is 370. The molecule has 0 radical (unpaired) electrons. The lowest BCUT2D eigenvalue weighted by Crippen LogP contribution is -2.43. The Morgan fingerprint density at radius 2 is 1.79 bits per heavy atom. The molecule has 1 atom stereocenters. The van der Waals surface area contributed by atoms with Crippen LogP contribution in [0, 0.1) is 0 Å². The van der Waals surface area contributed by atoms with Crippen molar-refractivity contribution < 1.29 is 9.90 Å². The quantitative estimate of drug-likeness (QED) is 0.796. The number of hydrogen-bond donors (Lipinski definition) is 3. The van der Waals surface area contributed by atoms with Crippen LogP contribution >= 0.6 is 24.8 Å². The molecule has 108 valence electrons. The number of benzene rings is 1. The SMILES string of the molecule is Cl.Cl.O=C(O)[C@@H](NC1CCNCC1)c1ccccc1. The molecule has 0 unspecified atom stereocenters. The molecule has 1 aromatic rings. The summed E-state index contributed by atoms with van der Waals surface area (Å²) in [5, 5.41) is 15.8. The van der Waals surface area contributed by atoms with Crippen LogP contribution in [0.3, 0.4) is 0 Å². The first-order valence-corrected chi connectivity index (χ1v) is 6.02. The van der Waals surface area contributed by atoms with Gasteiger partial charge in [-0.2, -0.15) is 0 Å². The van der Waals surface area contributed by atoms with E-state index in [0.29, 0.717) is 0 Å². The summed E-state index contributed by atoms with van der Waals surface area (Å²) in [4.78, 5) is 11.3. The summed E-state index contributed by atoms with van der Waals surface area (Å²) < 4.78 is 0. The first kappa shape index (κ1) is 18.2. The second-order valence-corrected chi connectivity index (χ2v) is 4.37. The number of rotatable bonds is 4. The fourth-order valence-corrected chi connectivity index (χ4v) is 2.18. The zero-order valence-electron chi connectivity index (χ0n) is 10.5. The molecule has 19 heavy (non-hydrogen) atoms. The van der Waals surface area contributed by atoms with E-state index in [2.05, 4.69) is 10.6 Å². The lowest BCUT2D eigenvalue weighted by molar-refractivity contribution is -0.140. The van der Waals surface area contributed by atoms with Gasteiger partial charge in [-0.1, -0.05) is 30.3 Å². The van der Waals surface area contributed by atoms with Crippen LogP contribution in [0.15, 0.2) is 30.3 Å². The summed E-state index contributed by atoms with van der Waals surface area (Å²) in [6, 6.07) is 9.04. The molecule has 0 aromatic heterocycles. The van der Waals surface area contributed by atoms with Gasteiger partial charge in [0.25, 0.3) is 0 Å². The summed E-state index contributed by atoms with van der Waals surface area (Å²) >= 11 is 0. The van der Waals surface area contributed by atoms with Crippen LogP contribution < -0.4 is 10.6 Å². The van der Waals surface area contributed by atoms with E-state index in [9.17, 15) is 9.90 Å². The van der Waals surface area contributed by atoms with Crippen LogP contribution in [0.4, 0.5) is 0 Å². The minimum absolute atomic E-state index is 0. The van der Waals surface area contributed by atoms with Gasteiger partial charge >= 0.3 is 5.97 Å². The third-order valence-corrected chi connectivity index (χ3v) is 3.12. The van der Waals surface area contributed by atoms with Crippen molar-refractivity contribution in [3.8, 4) is 0 Å². The molecule has 0 aliphatic carbocycles. The van der Waals surface area contributed by atoms with E-state index >= 15 is 0 Å². The maximum absolute atomic E-state index is 11.3. The van der Waals surface area contributed by atoms with Gasteiger partial charge in [-0.3, -0.25) is 10.1 Å². The van der Waals surface area contributed by atoms with Gasteiger partial charge in [-0.05, 0) is 31.5 Å². The van der Waals surface area contributed by atoms with Crippen molar-refractivity contribution >= 4 is 30.8 Å². The summed E-state index contributed by atoms with van der Waals surface area (Å²) in [5.74, 6) is -0.810. The zero-order chi connectivity index (χ0) is 12.1. The van der Waals surface area contributed by atoms with Gasteiger partial charge in [0.15, 0.2) is 0 Å². The highest BCUT2D eigenvalue weighted by Crippen LogP contribution is 2.16. The van der Waals surface area contributed by atoms with Gasteiger partial charge in [-0.25, -0.2) is 0 Å². The normalized spacial score (nSPS) is 16.8. The van der Waals surface area contributed by atoms with Crippen molar-refractivity contribution in [3.63, 3.8) is 0 Å². The Morgan fingerprint density at radius 1 is 1.21 bits per heavy atom. The Kier molecular flexibility index (Phi) is 8.76. The van der Waals surface area contributed by atoms with E-state index in [4.69, 9.17) is 0 Å². The van der Waals surface area contributed by atoms with Crippen LogP contribution in [0.5, 0.6) is 0 Å². The zero-order valence-corrected chi connectivity index (χ0v) is 12.2. The van der Waals surface area contributed by atoms with Crippen LogP contribution in [0.25, 0.3) is 0 Å². The van der Waals surface area contributed by atoms with Gasteiger partial charge in [0, 0.05) is 6.04 Å². The van der Waals surface area contributed by atoms with E-state index in [-0.39, 0.29) is 30.9 Å². The topological polar surface area (TPSA) is 61.4 Å². The molecule has 1 aromatic carbocycles. The Labute approximate surface area is 125 Å². The highest BCUT2D eigenvalue weighted by atomic mass is 35.5. The number of hydrogen-bond acceptors (Lipinski definition) is 3. The van der Waals surface area contributed by atoms with Crippen molar-refractivity contribution in [2.24, 2.45) is 0 Å². The Morgan fingerprint density at radius 3 is 2.32 bits per heavy atom. The fourth-order valence-electron chi connectivity index (χ4n) is 2.18. The second-order valence-electron chi connectivity index (χ2n) is 4.37. The van der Waals surface area contributed by atoms with Crippen molar-refractivity contribution in [2.75, 3.05) is 13.1 Å². The summed E-state index contributed by atoms with van der Waals surface area (Å²) in [5.41, 5.74) is 0.818. The number of carbonyl (C=O) groups is 1. The number of nitrogens with one attached hydrogen (secondary N) is 2. The Hall–Kier alpha value is -0.810. The molecule has 1 saturated heterocycles. The molecule has 0 bridgehead atoms. The summed E-state index contributed by atoms with van der Waals surface area (Å²) in [6.07, 6.45) is 1.97. The monoisotopic (exact) mass is 306 g/mol. The van der Waals surface area contributed by atoms with Crippen molar-refractivity contribution in [3.05, 3.63) is 35.9 Å². The number of carboxylic acid groups (broad SMARTS) is 1. The van der Waals surface area contributed by atoms with Crippen LogP contribution in [0.2, 0.25) is 0 Å². The van der Waals surface area contributed by atoms with Crippen molar-refractivity contribution in [2.45, 2.75) is 24.9 Å². The minimum Gasteiger partial charge on any atom is -0.480 e. The number of carboxylic acids is 1. The predicted molar refractivity (Wildman–Crippen MR) is 80.3 cm³/mol. The van der Waals surface area contributed by atoms with Gasteiger partial charge < -0.3 is 10.4 Å². The van der Waals surface area contributed by atoms with Gasteiger partial charge in [0.1, 0.15) is 6.04 Å². The molecule has 1 heterocycles. The first-order valence-electron chi connectivity index (χ1n) is 6.02. The average Bonchev–Trinajstić information content (AvgIpc) is 2.38. The van der Waals surface area contributed by atoms with Crippen LogP contribution in [0.1, 0.15) is 24.4 Å². The van der Waals surface area contributed by atoms with Crippen LogP contribution in [-0.2, 0) is 4.79 Å². The highest BCUT2D eigenvalue weighted by Gasteiger charge is 2.23. The Balaban J connectivity index is 0.00000162. The van der Waals surface area contributed by atoms with Gasteiger partial charge in [-0.15, -0.1) is 24.8 Å². The molecule has 2 rings (SSSR count). The van der Waals surface area contributed by atoms with Crippen LogP contribution in [-0.4, -0.2) is 30.2 Å². The van der Waals surface area contributed by atoms with E-state index in [1.165, 1.54) is 0 Å². The lowest BCUT2D eigenvalue weighted by atomic mass is 10.0. The molecule has 1 fully saturated rings. The average molecular weight is 307 g/mol. The lowest BCUT2D eigenvalue weighted by Gasteiger charge is -2.27. The van der Waals surface area contributed by atoms with Crippen molar-refractivity contribution in [1.29, 1.82) is 0 Å². The second kappa shape index (κ2) is 9.15. The largest absolute Gasteiger partial charge is 0.480 e. The third-order valence-electron chi connectivity index (χ3n) is 3.12. The third kappa shape index (κ3) is 5.37. The van der Waals surface area contributed by atoms with Gasteiger partial charge in [0.05, 0.1) is 0 Å². The molecule has 0 spiro atoms. The molecule has 0 amide bonds. The number of halogens is 2. The standard InChI is InChI=1S/C13H18N2O2.2ClH/c16-13(17)12(10-4-2-1-3-5-10)15-11-6-8-14-9-7-11;;/h1-5,11-12,14-15H,6-9H2,(H,16,17);2*1H/t12-;;/m0../s1. The molecule has 0 saturated carbocycles. The van der Waals surface area contributed by atoms with Gasteiger partial charge in [0.2, 0.25) is 0 Å². The molecular formula is C13H20Cl2N2O2. The first-order chi connectivity index (χ1) is 8.27. The number of aliphatic carboxylic acids is 1. The molecule has 4 nitrogen and oxygen atoms in total. The highest BCUT2D eigenvalue weighted by molar-refractivity contribution is 5.85. The van der Waals surface area contributed by atoms with E-state index in [1.807, 2.05) is 30.3 Å². The summed E-state index contributed by atoms with van der Waals surface area (Å²) in [6.45, 7) is 1.91. The maximum Gasteiger partial charge on any atom is 0.325 e. The smallest absolute Gasteiger partial charge is 0.325 e. The minimum atomic E-state index is -0.810. The molecule has 1 aliphatic heterocycles. The molecule has 6 heteroatoms. The molecular weight excluding hydrogens is 287 g/mol. The van der Waals surface area contributed by atoms with E-state index in [1.54, 1.807) is 0 Å².